The number of anilines is 2. The Morgan fingerprint density at radius 3 is 2.04 bits per heavy atom. The van der Waals surface area contributed by atoms with Gasteiger partial charge in [-0.2, -0.15) is 0 Å². The molecule has 0 unspecified atom stereocenters. The van der Waals surface area contributed by atoms with Gasteiger partial charge in [-0.25, -0.2) is 0 Å². The number of hydrogen-bond donors (Lipinski definition) is 2. The number of nitrogens with zero attached hydrogens (tertiary/aromatic N) is 1. The minimum absolute atomic E-state index is 0.181. The van der Waals surface area contributed by atoms with E-state index >= 15 is 0 Å². The molecule has 5 heteroatoms. The Labute approximate surface area is 133 Å². The lowest BCUT2D eigenvalue weighted by molar-refractivity contribution is 0.102. The first-order valence-electron chi connectivity index (χ1n) is 7.05. The van der Waals surface area contributed by atoms with E-state index in [1.165, 1.54) is 0 Å². The molecule has 3 aromatic rings. The monoisotopic (exact) mass is 305 g/mol. The fourth-order valence-corrected chi connectivity index (χ4v) is 1.98. The van der Waals surface area contributed by atoms with Crippen LogP contribution in [0.1, 0.15) is 10.4 Å². The first kappa shape index (κ1) is 14.6. The third-order valence-corrected chi connectivity index (χ3v) is 3.17. The topological polar surface area (TPSA) is 77.2 Å². The van der Waals surface area contributed by atoms with Crippen molar-refractivity contribution in [2.24, 2.45) is 0 Å². The molecule has 0 atom stereocenters. The lowest BCUT2D eigenvalue weighted by Crippen LogP contribution is -2.11. The fraction of sp³-hybridized carbons (Fsp3) is 0. The summed E-state index contributed by atoms with van der Waals surface area (Å²) in [6.07, 6.45) is 3.16. The number of carbonyl (C=O) groups excluding carboxylic acids is 1. The highest BCUT2D eigenvalue weighted by Gasteiger charge is 2.05. The van der Waals surface area contributed by atoms with Crippen molar-refractivity contribution in [1.82, 2.24) is 4.98 Å². The molecule has 0 aliphatic rings. The summed E-state index contributed by atoms with van der Waals surface area (Å²) in [5.74, 6) is 1.20. The van der Waals surface area contributed by atoms with Crippen LogP contribution in [0.5, 0.6) is 11.5 Å². The molecule has 0 bridgehead atoms. The van der Waals surface area contributed by atoms with Gasteiger partial charge in [0.05, 0.1) is 0 Å². The zero-order valence-corrected chi connectivity index (χ0v) is 12.3. The number of rotatable bonds is 4. The quantitative estimate of drug-likeness (QED) is 0.720. The Bertz CT molecular complexity index is 785. The number of nitrogens with one attached hydrogen (secondary N) is 1. The van der Waals surface area contributed by atoms with Crippen LogP contribution in [0.25, 0.3) is 0 Å². The summed E-state index contributed by atoms with van der Waals surface area (Å²) in [4.78, 5) is 15.9. The van der Waals surface area contributed by atoms with Crippen molar-refractivity contribution in [3.63, 3.8) is 0 Å². The predicted molar refractivity (Wildman–Crippen MR) is 89.6 cm³/mol. The van der Waals surface area contributed by atoms with Gasteiger partial charge in [0.15, 0.2) is 0 Å². The first-order chi connectivity index (χ1) is 11.2. The second-order valence-electron chi connectivity index (χ2n) is 4.89. The smallest absolute Gasteiger partial charge is 0.255 e. The molecule has 0 saturated heterocycles. The second-order valence-corrected chi connectivity index (χ2v) is 4.89. The summed E-state index contributed by atoms with van der Waals surface area (Å²) >= 11 is 0. The molecule has 0 aliphatic heterocycles. The molecular formula is C18H15N3O2. The number of nitrogens with two attached hydrogens (primary N) is 1. The Balaban J connectivity index is 1.65. The van der Waals surface area contributed by atoms with Gasteiger partial charge in [-0.15, -0.1) is 0 Å². The molecule has 0 radical (unpaired) electrons. The molecule has 114 valence electrons. The number of amides is 1. The van der Waals surface area contributed by atoms with E-state index in [-0.39, 0.29) is 5.91 Å². The van der Waals surface area contributed by atoms with Crippen molar-refractivity contribution in [1.29, 1.82) is 0 Å². The van der Waals surface area contributed by atoms with Crippen LogP contribution in [-0.4, -0.2) is 10.9 Å². The minimum atomic E-state index is -0.181. The van der Waals surface area contributed by atoms with Crippen LogP contribution in [0.2, 0.25) is 0 Å². The van der Waals surface area contributed by atoms with Crippen molar-refractivity contribution < 1.29 is 9.53 Å². The van der Waals surface area contributed by atoms with Gasteiger partial charge < -0.3 is 15.8 Å². The highest BCUT2D eigenvalue weighted by Crippen LogP contribution is 2.23. The molecule has 0 fully saturated rings. The van der Waals surface area contributed by atoms with Gasteiger partial charge in [0, 0.05) is 29.3 Å². The largest absolute Gasteiger partial charge is 0.457 e. The number of hydrogen-bond acceptors (Lipinski definition) is 4. The minimum Gasteiger partial charge on any atom is -0.457 e. The molecule has 3 rings (SSSR count). The molecule has 1 heterocycles. The van der Waals surface area contributed by atoms with E-state index in [9.17, 15) is 4.79 Å². The molecular weight excluding hydrogens is 290 g/mol. The third kappa shape index (κ3) is 3.85. The fourth-order valence-electron chi connectivity index (χ4n) is 1.98. The molecule has 0 aliphatic carbocycles. The summed E-state index contributed by atoms with van der Waals surface area (Å²) in [5, 5.41) is 2.82. The normalized spacial score (nSPS) is 10.1. The number of ether oxygens (including phenoxy) is 1. The number of nitrogen functional groups attached to an aromatic ring is 1. The second kappa shape index (κ2) is 6.62. The zero-order chi connectivity index (χ0) is 16.1. The highest BCUT2D eigenvalue weighted by molar-refractivity contribution is 6.04. The van der Waals surface area contributed by atoms with Gasteiger partial charge in [-0.1, -0.05) is 0 Å². The first-order valence-corrected chi connectivity index (χ1v) is 7.05. The van der Waals surface area contributed by atoms with Gasteiger partial charge in [-0.05, 0) is 60.7 Å². The lowest BCUT2D eigenvalue weighted by Gasteiger charge is -2.08. The van der Waals surface area contributed by atoms with Crippen molar-refractivity contribution in [2.45, 2.75) is 0 Å². The van der Waals surface area contributed by atoms with Crippen molar-refractivity contribution in [3.8, 4) is 11.5 Å². The van der Waals surface area contributed by atoms with Gasteiger partial charge in [0.2, 0.25) is 0 Å². The molecule has 2 aromatic carbocycles. The molecule has 3 N–H and O–H groups in total. The van der Waals surface area contributed by atoms with Crippen molar-refractivity contribution >= 4 is 17.3 Å². The van der Waals surface area contributed by atoms with Gasteiger partial charge in [0.25, 0.3) is 5.91 Å². The van der Waals surface area contributed by atoms with Gasteiger partial charge in [0.1, 0.15) is 11.5 Å². The predicted octanol–water partition coefficient (Wildman–Crippen LogP) is 3.71. The van der Waals surface area contributed by atoms with E-state index in [1.807, 2.05) is 0 Å². The van der Waals surface area contributed by atoms with Crippen LogP contribution in [0, 0.1) is 0 Å². The molecule has 0 saturated carbocycles. The van der Waals surface area contributed by atoms with E-state index in [4.69, 9.17) is 10.5 Å². The van der Waals surface area contributed by atoms with Crippen LogP contribution < -0.4 is 15.8 Å². The summed E-state index contributed by atoms with van der Waals surface area (Å²) in [5.41, 5.74) is 7.57. The molecule has 5 nitrogen and oxygen atoms in total. The summed E-state index contributed by atoms with van der Waals surface area (Å²) in [6, 6.07) is 17.6. The standard InChI is InChI=1S/C18H15N3O2/c19-14-1-5-16(6-2-14)23-17-7-3-15(4-8-17)21-18(22)13-9-11-20-12-10-13/h1-12H,19H2,(H,21,22). The highest BCUT2D eigenvalue weighted by atomic mass is 16.5. The number of pyridine rings is 1. The summed E-state index contributed by atoms with van der Waals surface area (Å²) < 4.78 is 5.70. The Hall–Kier alpha value is -3.34. The number of aromatic nitrogens is 1. The Morgan fingerprint density at radius 1 is 0.870 bits per heavy atom. The molecule has 1 aromatic heterocycles. The summed E-state index contributed by atoms with van der Waals surface area (Å²) in [6.45, 7) is 0. The van der Waals surface area contributed by atoms with E-state index < -0.39 is 0 Å². The Kier molecular flexibility index (Phi) is 4.20. The lowest BCUT2D eigenvalue weighted by atomic mass is 10.2. The zero-order valence-electron chi connectivity index (χ0n) is 12.3. The van der Waals surface area contributed by atoms with Crippen LogP contribution in [0.15, 0.2) is 73.1 Å². The number of benzene rings is 2. The molecule has 0 spiro atoms. The maximum atomic E-state index is 12.0. The van der Waals surface area contributed by atoms with Crippen LogP contribution in [-0.2, 0) is 0 Å². The van der Waals surface area contributed by atoms with E-state index in [0.29, 0.717) is 28.4 Å². The third-order valence-electron chi connectivity index (χ3n) is 3.17. The maximum Gasteiger partial charge on any atom is 0.255 e. The van der Waals surface area contributed by atoms with Gasteiger partial charge >= 0.3 is 0 Å². The number of carbonyl (C=O) groups is 1. The average molecular weight is 305 g/mol. The maximum absolute atomic E-state index is 12.0. The van der Waals surface area contributed by atoms with E-state index in [0.717, 1.165) is 0 Å². The molecule has 1 amide bonds. The summed E-state index contributed by atoms with van der Waals surface area (Å²) in [7, 11) is 0. The van der Waals surface area contributed by atoms with Crippen molar-refractivity contribution in [3.05, 3.63) is 78.6 Å². The van der Waals surface area contributed by atoms with E-state index in [1.54, 1.807) is 73.1 Å². The van der Waals surface area contributed by atoms with Crippen LogP contribution in [0.4, 0.5) is 11.4 Å². The van der Waals surface area contributed by atoms with E-state index in [2.05, 4.69) is 10.3 Å². The van der Waals surface area contributed by atoms with Crippen LogP contribution >= 0.6 is 0 Å². The Morgan fingerprint density at radius 2 is 1.43 bits per heavy atom. The van der Waals surface area contributed by atoms with Crippen molar-refractivity contribution in [2.75, 3.05) is 11.1 Å². The van der Waals surface area contributed by atoms with Crippen LogP contribution in [0.3, 0.4) is 0 Å². The molecule has 23 heavy (non-hydrogen) atoms. The average Bonchev–Trinajstić information content (AvgIpc) is 2.59. The SMILES string of the molecule is Nc1ccc(Oc2ccc(NC(=O)c3ccncc3)cc2)cc1. The van der Waals surface area contributed by atoms with Gasteiger partial charge in [-0.3, -0.25) is 9.78 Å².